The Morgan fingerprint density at radius 1 is 1.47 bits per heavy atom. The Balaban J connectivity index is 2.46. The molecular formula is C12H22N4O. The molecule has 5 nitrogen and oxygen atoms in total. The van der Waals surface area contributed by atoms with Gasteiger partial charge in [0.2, 0.25) is 5.91 Å². The van der Waals surface area contributed by atoms with E-state index >= 15 is 0 Å². The lowest BCUT2D eigenvalue weighted by Gasteiger charge is -2.33. The Hall–Kier alpha value is -1.12. The molecule has 0 aromatic heterocycles. The summed E-state index contributed by atoms with van der Waals surface area (Å²) in [7, 11) is 0. The summed E-state index contributed by atoms with van der Waals surface area (Å²) < 4.78 is 0. The third-order valence-electron chi connectivity index (χ3n) is 3.22. The number of carbonyl (C=O) groups excluding carboxylic acids is 1. The second kappa shape index (κ2) is 7.25. The molecule has 2 atom stereocenters. The molecule has 96 valence electrons. The highest BCUT2D eigenvalue weighted by Crippen LogP contribution is 2.17. The molecular weight excluding hydrogens is 216 g/mol. The SMILES string of the molecule is N#C[C@H]1CCCCN1C(=O)[C@@H](N)CCCCN. The molecule has 0 radical (unpaired) electrons. The Morgan fingerprint density at radius 2 is 2.24 bits per heavy atom. The van der Waals surface area contributed by atoms with Crippen molar-refractivity contribution in [1.29, 1.82) is 5.26 Å². The Kier molecular flexibility index (Phi) is 5.95. The average molecular weight is 238 g/mol. The molecule has 17 heavy (non-hydrogen) atoms. The van der Waals surface area contributed by atoms with Crippen LogP contribution < -0.4 is 11.5 Å². The van der Waals surface area contributed by atoms with Gasteiger partial charge >= 0.3 is 0 Å². The third kappa shape index (κ3) is 3.99. The van der Waals surface area contributed by atoms with E-state index in [1.165, 1.54) is 0 Å². The average Bonchev–Trinajstić information content (AvgIpc) is 2.38. The molecule has 5 heteroatoms. The van der Waals surface area contributed by atoms with Crippen LogP contribution in [0.2, 0.25) is 0 Å². The molecule has 0 bridgehead atoms. The fourth-order valence-corrected chi connectivity index (χ4v) is 2.17. The van der Waals surface area contributed by atoms with E-state index < -0.39 is 6.04 Å². The van der Waals surface area contributed by atoms with Crippen molar-refractivity contribution in [3.8, 4) is 6.07 Å². The van der Waals surface area contributed by atoms with E-state index in [4.69, 9.17) is 16.7 Å². The molecule has 1 aliphatic heterocycles. The van der Waals surface area contributed by atoms with E-state index in [9.17, 15) is 4.79 Å². The van der Waals surface area contributed by atoms with E-state index in [0.29, 0.717) is 19.5 Å². The summed E-state index contributed by atoms with van der Waals surface area (Å²) in [6, 6.07) is 1.43. The van der Waals surface area contributed by atoms with Crippen molar-refractivity contribution >= 4 is 5.91 Å². The predicted molar refractivity (Wildman–Crippen MR) is 65.8 cm³/mol. The van der Waals surface area contributed by atoms with Gasteiger partial charge in [-0.05, 0) is 38.6 Å². The van der Waals surface area contributed by atoms with Crippen LogP contribution in [0.4, 0.5) is 0 Å². The van der Waals surface area contributed by atoms with Crippen molar-refractivity contribution in [2.45, 2.75) is 50.6 Å². The largest absolute Gasteiger partial charge is 0.330 e. The number of rotatable bonds is 5. The van der Waals surface area contributed by atoms with Gasteiger partial charge in [0.15, 0.2) is 0 Å². The van der Waals surface area contributed by atoms with Crippen molar-refractivity contribution in [1.82, 2.24) is 4.90 Å². The van der Waals surface area contributed by atoms with Crippen molar-refractivity contribution in [3.05, 3.63) is 0 Å². The van der Waals surface area contributed by atoms with Gasteiger partial charge in [0.05, 0.1) is 12.1 Å². The Labute approximate surface area is 103 Å². The van der Waals surface area contributed by atoms with Crippen LogP contribution in [0.15, 0.2) is 0 Å². The summed E-state index contributed by atoms with van der Waals surface area (Å²) in [6.45, 7) is 1.30. The second-order valence-corrected chi connectivity index (χ2v) is 4.56. The molecule has 0 aliphatic carbocycles. The van der Waals surface area contributed by atoms with Crippen LogP contribution in [0.3, 0.4) is 0 Å². The molecule has 1 saturated heterocycles. The van der Waals surface area contributed by atoms with Crippen LogP contribution in [0.5, 0.6) is 0 Å². The minimum absolute atomic E-state index is 0.0757. The number of amides is 1. The summed E-state index contributed by atoms with van der Waals surface area (Å²) in [4.78, 5) is 13.7. The molecule has 1 rings (SSSR count). The number of unbranched alkanes of at least 4 members (excludes halogenated alkanes) is 1. The maximum atomic E-state index is 12.1. The minimum Gasteiger partial charge on any atom is -0.330 e. The van der Waals surface area contributed by atoms with Crippen molar-refractivity contribution < 1.29 is 4.79 Å². The zero-order valence-electron chi connectivity index (χ0n) is 10.3. The van der Waals surface area contributed by atoms with Crippen molar-refractivity contribution in [3.63, 3.8) is 0 Å². The zero-order valence-corrected chi connectivity index (χ0v) is 10.3. The Bertz CT molecular complexity index is 287. The highest BCUT2D eigenvalue weighted by Gasteiger charge is 2.29. The number of hydrogen-bond donors (Lipinski definition) is 2. The van der Waals surface area contributed by atoms with Crippen LogP contribution in [-0.2, 0) is 4.79 Å². The van der Waals surface area contributed by atoms with E-state index in [0.717, 1.165) is 32.1 Å². The van der Waals surface area contributed by atoms with Gasteiger partial charge < -0.3 is 16.4 Å². The summed E-state index contributed by atoms with van der Waals surface area (Å²) in [5, 5.41) is 9.01. The van der Waals surface area contributed by atoms with E-state index in [1.807, 2.05) is 0 Å². The van der Waals surface area contributed by atoms with Gasteiger partial charge in [-0.15, -0.1) is 0 Å². The smallest absolute Gasteiger partial charge is 0.240 e. The fourth-order valence-electron chi connectivity index (χ4n) is 2.17. The van der Waals surface area contributed by atoms with Gasteiger partial charge in [-0.1, -0.05) is 6.42 Å². The number of carbonyl (C=O) groups is 1. The summed E-state index contributed by atoms with van der Waals surface area (Å²) >= 11 is 0. The number of nitrogens with zero attached hydrogens (tertiary/aromatic N) is 2. The quantitative estimate of drug-likeness (QED) is 0.675. The van der Waals surface area contributed by atoms with Gasteiger partial charge in [-0.3, -0.25) is 4.79 Å². The third-order valence-corrected chi connectivity index (χ3v) is 3.22. The summed E-state index contributed by atoms with van der Waals surface area (Å²) in [5.74, 6) is -0.0757. The number of likely N-dealkylation sites (tertiary alicyclic amines) is 1. The molecule has 0 unspecified atom stereocenters. The number of piperidine rings is 1. The molecule has 4 N–H and O–H groups in total. The van der Waals surface area contributed by atoms with Gasteiger partial charge in [0.25, 0.3) is 0 Å². The minimum atomic E-state index is -0.476. The van der Waals surface area contributed by atoms with Crippen LogP contribution >= 0.6 is 0 Å². The number of nitriles is 1. The summed E-state index contributed by atoms with van der Waals surface area (Å²) in [5.41, 5.74) is 11.3. The molecule has 0 spiro atoms. The maximum Gasteiger partial charge on any atom is 0.240 e. The molecule has 1 heterocycles. The first-order valence-electron chi connectivity index (χ1n) is 6.36. The van der Waals surface area contributed by atoms with Crippen molar-refractivity contribution in [2.75, 3.05) is 13.1 Å². The van der Waals surface area contributed by atoms with Crippen LogP contribution in [0, 0.1) is 11.3 Å². The number of hydrogen-bond acceptors (Lipinski definition) is 4. The standard InChI is InChI=1S/C12H22N4O/c13-7-3-1-6-11(15)12(17)16-8-4-2-5-10(16)9-14/h10-11H,1-8,13,15H2/t10-,11+/m1/s1. The molecule has 0 saturated carbocycles. The molecule has 1 aliphatic rings. The van der Waals surface area contributed by atoms with Crippen LogP contribution in [0.25, 0.3) is 0 Å². The zero-order chi connectivity index (χ0) is 12.7. The van der Waals surface area contributed by atoms with Gasteiger partial charge in [-0.2, -0.15) is 5.26 Å². The predicted octanol–water partition coefficient (Wildman–Crippen LogP) is 0.347. The van der Waals surface area contributed by atoms with E-state index in [-0.39, 0.29) is 11.9 Å². The fraction of sp³-hybridized carbons (Fsp3) is 0.833. The Morgan fingerprint density at radius 3 is 2.88 bits per heavy atom. The maximum absolute atomic E-state index is 12.1. The molecule has 1 amide bonds. The monoisotopic (exact) mass is 238 g/mol. The lowest BCUT2D eigenvalue weighted by molar-refractivity contribution is -0.135. The summed E-state index contributed by atoms with van der Waals surface area (Å²) in [6.07, 6.45) is 5.18. The van der Waals surface area contributed by atoms with E-state index in [2.05, 4.69) is 6.07 Å². The number of nitrogens with two attached hydrogens (primary N) is 2. The highest BCUT2D eigenvalue weighted by atomic mass is 16.2. The van der Waals surface area contributed by atoms with Gasteiger partial charge in [0.1, 0.15) is 6.04 Å². The van der Waals surface area contributed by atoms with Gasteiger partial charge in [-0.25, -0.2) is 0 Å². The first-order chi connectivity index (χ1) is 8.20. The lowest BCUT2D eigenvalue weighted by Crippen LogP contribution is -2.50. The first kappa shape index (κ1) is 13.9. The first-order valence-corrected chi connectivity index (χ1v) is 6.36. The lowest BCUT2D eigenvalue weighted by atomic mass is 10.0. The van der Waals surface area contributed by atoms with Gasteiger partial charge in [0, 0.05) is 6.54 Å². The normalized spacial score (nSPS) is 21.9. The highest BCUT2D eigenvalue weighted by molar-refractivity contribution is 5.82. The molecule has 0 aromatic carbocycles. The molecule has 1 fully saturated rings. The van der Waals surface area contributed by atoms with Crippen LogP contribution in [0.1, 0.15) is 38.5 Å². The van der Waals surface area contributed by atoms with E-state index in [1.54, 1.807) is 4.90 Å². The second-order valence-electron chi connectivity index (χ2n) is 4.56. The van der Waals surface area contributed by atoms with Crippen molar-refractivity contribution in [2.24, 2.45) is 11.5 Å². The van der Waals surface area contributed by atoms with Crippen LogP contribution in [-0.4, -0.2) is 36.0 Å². The molecule has 0 aromatic rings. The topological polar surface area (TPSA) is 96.1 Å².